The molecule has 0 amide bonds. The van der Waals surface area contributed by atoms with Crippen molar-refractivity contribution in [1.82, 2.24) is 4.57 Å². The zero-order valence-electron chi connectivity index (χ0n) is 35.4. The molecule has 3 nitrogen and oxygen atoms in total. The molecule has 0 N–H and O–H groups in total. The highest BCUT2D eigenvalue weighted by atomic mass is 16.3. The number of anilines is 3. The van der Waals surface area contributed by atoms with Crippen LogP contribution in [0.5, 0.6) is 0 Å². The van der Waals surface area contributed by atoms with Gasteiger partial charge in [-0.1, -0.05) is 176 Å². The number of para-hydroxylation sites is 3. The maximum absolute atomic E-state index is 6.83. The fourth-order valence-electron chi connectivity index (χ4n) is 10.2. The van der Waals surface area contributed by atoms with Crippen LogP contribution in [-0.4, -0.2) is 4.57 Å². The molecule has 0 unspecified atom stereocenters. The van der Waals surface area contributed by atoms with Crippen molar-refractivity contribution in [2.24, 2.45) is 0 Å². The molecule has 0 bridgehead atoms. The van der Waals surface area contributed by atoms with Gasteiger partial charge in [0.15, 0.2) is 0 Å². The number of furan rings is 1. The smallest absolute Gasteiger partial charge is 0.143 e. The molecule has 0 aliphatic heterocycles. The lowest BCUT2D eigenvalue weighted by Gasteiger charge is -2.27. The minimum Gasteiger partial charge on any atom is -0.455 e. The first-order chi connectivity index (χ1) is 32.2. The molecule has 3 heteroatoms. The standard InChI is InChI=1S/C62H40N2O/c1-3-20-50-41(14-1)16-12-25-52(50)43-30-34-46(35-31-43)63(47-36-32-44(33-37-47)53-26-13-17-42-15-2-4-21-51(42)53)49-39-57(62-58(40-49)56-24-7-10-29-61(56)65-62)45-18-11-19-48(38-45)64-59-27-8-5-22-54(59)55-23-6-9-28-60(55)64/h1-40H. The number of aromatic nitrogens is 1. The third-order valence-electron chi connectivity index (χ3n) is 13.2. The first kappa shape index (κ1) is 36.9. The molecule has 0 saturated heterocycles. The second-order valence-corrected chi connectivity index (χ2v) is 16.9. The van der Waals surface area contributed by atoms with Gasteiger partial charge in [-0.2, -0.15) is 0 Å². The predicted octanol–water partition coefficient (Wildman–Crippen LogP) is 17.5. The molecule has 0 radical (unpaired) electrons. The van der Waals surface area contributed by atoms with Gasteiger partial charge in [0, 0.05) is 49.9 Å². The summed E-state index contributed by atoms with van der Waals surface area (Å²) in [6.07, 6.45) is 0. The number of nitrogens with zero attached hydrogens (tertiary/aromatic N) is 2. The zero-order chi connectivity index (χ0) is 42.8. The minimum atomic E-state index is 0.866. The van der Waals surface area contributed by atoms with Crippen LogP contribution in [0.4, 0.5) is 17.1 Å². The molecule has 0 fully saturated rings. The lowest BCUT2D eigenvalue weighted by molar-refractivity contribution is 0.670. The van der Waals surface area contributed by atoms with Gasteiger partial charge >= 0.3 is 0 Å². The van der Waals surface area contributed by atoms with E-state index in [2.05, 4.69) is 252 Å². The molecule has 2 aromatic heterocycles. The lowest BCUT2D eigenvalue weighted by atomic mass is 9.97. The number of fused-ring (bicyclic) bond motifs is 8. The summed E-state index contributed by atoms with van der Waals surface area (Å²) in [5, 5.41) is 9.59. The topological polar surface area (TPSA) is 21.3 Å². The van der Waals surface area contributed by atoms with Crippen molar-refractivity contribution in [3.05, 3.63) is 243 Å². The van der Waals surface area contributed by atoms with Gasteiger partial charge in [-0.05, 0) is 116 Å². The molecule has 65 heavy (non-hydrogen) atoms. The van der Waals surface area contributed by atoms with Gasteiger partial charge in [0.25, 0.3) is 0 Å². The minimum absolute atomic E-state index is 0.866. The van der Waals surface area contributed by atoms with Gasteiger partial charge < -0.3 is 13.9 Å². The van der Waals surface area contributed by atoms with E-state index in [1.165, 1.54) is 65.6 Å². The van der Waals surface area contributed by atoms with Crippen LogP contribution in [0, 0.1) is 0 Å². The van der Waals surface area contributed by atoms with Gasteiger partial charge in [-0.15, -0.1) is 0 Å². The van der Waals surface area contributed by atoms with E-state index in [0.717, 1.165) is 55.8 Å². The van der Waals surface area contributed by atoms with Crippen molar-refractivity contribution in [3.8, 4) is 39.1 Å². The van der Waals surface area contributed by atoms with Crippen LogP contribution in [0.15, 0.2) is 247 Å². The van der Waals surface area contributed by atoms with Crippen LogP contribution >= 0.6 is 0 Å². The SMILES string of the molecule is c1cc(-c2cc(N(c3ccc(-c4cccc5ccccc45)cc3)c3ccc(-c4cccc5ccccc45)cc3)cc3c2oc2ccccc23)cc(-n2c3ccccc3c3ccccc32)c1. The Bertz CT molecular complexity index is 3760. The Labute approximate surface area is 376 Å². The normalized spacial score (nSPS) is 11.7. The maximum Gasteiger partial charge on any atom is 0.143 e. The average Bonchev–Trinajstić information content (AvgIpc) is 3.92. The predicted molar refractivity (Wildman–Crippen MR) is 274 cm³/mol. The van der Waals surface area contributed by atoms with Crippen LogP contribution in [0.3, 0.4) is 0 Å². The lowest BCUT2D eigenvalue weighted by Crippen LogP contribution is -2.10. The highest BCUT2D eigenvalue weighted by Gasteiger charge is 2.21. The van der Waals surface area contributed by atoms with Crippen molar-refractivity contribution >= 4 is 82.4 Å². The molecular formula is C62H40N2O. The van der Waals surface area contributed by atoms with Crippen LogP contribution in [0.1, 0.15) is 0 Å². The Morgan fingerprint density at radius 2 is 0.800 bits per heavy atom. The number of benzene rings is 11. The van der Waals surface area contributed by atoms with E-state index in [1.54, 1.807) is 0 Å². The van der Waals surface area contributed by atoms with E-state index in [1.807, 2.05) is 0 Å². The molecule has 0 aliphatic rings. The largest absolute Gasteiger partial charge is 0.455 e. The fraction of sp³-hybridized carbons (Fsp3) is 0. The number of hydrogen-bond acceptors (Lipinski definition) is 2. The molecule has 2 heterocycles. The highest BCUT2D eigenvalue weighted by Crippen LogP contribution is 2.45. The summed E-state index contributed by atoms with van der Waals surface area (Å²) in [6, 6.07) is 87.7. The monoisotopic (exact) mass is 828 g/mol. The molecule has 0 saturated carbocycles. The maximum atomic E-state index is 6.83. The van der Waals surface area contributed by atoms with E-state index < -0.39 is 0 Å². The first-order valence-electron chi connectivity index (χ1n) is 22.2. The Morgan fingerprint density at radius 1 is 0.308 bits per heavy atom. The van der Waals surface area contributed by atoms with E-state index in [0.29, 0.717) is 0 Å². The van der Waals surface area contributed by atoms with Crippen LogP contribution in [-0.2, 0) is 0 Å². The summed E-state index contributed by atoms with van der Waals surface area (Å²) < 4.78 is 9.21. The fourth-order valence-corrected chi connectivity index (χ4v) is 10.2. The number of hydrogen-bond donors (Lipinski definition) is 0. The third kappa shape index (κ3) is 6.12. The van der Waals surface area contributed by atoms with E-state index in [9.17, 15) is 0 Å². The van der Waals surface area contributed by atoms with E-state index in [4.69, 9.17) is 4.42 Å². The van der Waals surface area contributed by atoms with Crippen molar-refractivity contribution in [1.29, 1.82) is 0 Å². The molecule has 0 spiro atoms. The number of rotatable bonds is 7. The van der Waals surface area contributed by atoms with Crippen molar-refractivity contribution < 1.29 is 4.42 Å². The first-order valence-corrected chi connectivity index (χ1v) is 22.2. The van der Waals surface area contributed by atoms with E-state index >= 15 is 0 Å². The Hall–Kier alpha value is -8.66. The van der Waals surface area contributed by atoms with Gasteiger partial charge in [0.05, 0.1) is 11.0 Å². The molecule has 0 aliphatic carbocycles. The summed E-state index contributed by atoms with van der Waals surface area (Å²) in [5.41, 5.74) is 15.2. The van der Waals surface area contributed by atoms with Crippen LogP contribution in [0.25, 0.3) is 104 Å². The summed E-state index contributed by atoms with van der Waals surface area (Å²) in [4.78, 5) is 2.39. The highest BCUT2D eigenvalue weighted by molar-refractivity contribution is 6.13. The zero-order valence-corrected chi connectivity index (χ0v) is 35.4. The van der Waals surface area contributed by atoms with Crippen molar-refractivity contribution in [3.63, 3.8) is 0 Å². The quantitative estimate of drug-likeness (QED) is 0.160. The second-order valence-electron chi connectivity index (χ2n) is 16.9. The third-order valence-corrected chi connectivity index (χ3v) is 13.2. The summed E-state index contributed by atoms with van der Waals surface area (Å²) in [5.74, 6) is 0. The molecule has 304 valence electrons. The summed E-state index contributed by atoms with van der Waals surface area (Å²) in [7, 11) is 0. The summed E-state index contributed by atoms with van der Waals surface area (Å²) in [6.45, 7) is 0. The molecular weight excluding hydrogens is 789 g/mol. The Balaban J connectivity index is 1.01. The van der Waals surface area contributed by atoms with Gasteiger partial charge in [-0.3, -0.25) is 0 Å². The molecule has 11 aromatic carbocycles. The van der Waals surface area contributed by atoms with Crippen LogP contribution < -0.4 is 4.90 Å². The van der Waals surface area contributed by atoms with Crippen LogP contribution in [0.2, 0.25) is 0 Å². The van der Waals surface area contributed by atoms with Gasteiger partial charge in [0.2, 0.25) is 0 Å². The van der Waals surface area contributed by atoms with E-state index in [-0.39, 0.29) is 0 Å². The van der Waals surface area contributed by atoms with Crippen molar-refractivity contribution in [2.75, 3.05) is 4.90 Å². The van der Waals surface area contributed by atoms with Crippen molar-refractivity contribution in [2.45, 2.75) is 0 Å². The second kappa shape index (κ2) is 15.0. The molecule has 0 atom stereocenters. The Morgan fingerprint density at radius 3 is 1.40 bits per heavy atom. The average molecular weight is 829 g/mol. The van der Waals surface area contributed by atoms with Gasteiger partial charge in [0.1, 0.15) is 11.2 Å². The summed E-state index contributed by atoms with van der Waals surface area (Å²) >= 11 is 0. The molecule has 13 aromatic rings. The molecule has 13 rings (SSSR count). The Kier molecular flexibility index (Phi) is 8.53. The van der Waals surface area contributed by atoms with Gasteiger partial charge in [-0.25, -0.2) is 0 Å².